The minimum Gasteiger partial charge on any atom is -0.490 e. The average molecular weight is 426 g/mol. The van der Waals surface area contributed by atoms with E-state index in [-0.39, 0.29) is 11.8 Å². The van der Waals surface area contributed by atoms with Gasteiger partial charge in [0, 0.05) is 44.9 Å². The Labute approximate surface area is 183 Å². The van der Waals surface area contributed by atoms with Crippen LogP contribution in [0.15, 0.2) is 48.5 Å². The van der Waals surface area contributed by atoms with Gasteiger partial charge in [-0.2, -0.15) is 0 Å². The van der Waals surface area contributed by atoms with E-state index >= 15 is 0 Å². The van der Waals surface area contributed by atoms with Crippen molar-refractivity contribution < 1.29 is 19.1 Å². The van der Waals surface area contributed by atoms with E-state index in [4.69, 9.17) is 9.47 Å². The highest BCUT2D eigenvalue weighted by Gasteiger charge is 2.20. The van der Waals surface area contributed by atoms with E-state index in [1.165, 1.54) is 0 Å². The summed E-state index contributed by atoms with van der Waals surface area (Å²) in [6.07, 6.45) is 0. The van der Waals surface area contributed by atoms with Gasteiger partial charge >= 0.3 is 0 Å². The predicted molar refractivity (Wildman–Crippen MR) is 119 cm³/mol. The Hall–Kier alpha value is -2.90. The maximum absolute atomic E-state index is 12.6. The van der Waals surface area contributed by atoms with E-state index in [9.17, 15) is 9.59 Å². The van der Waals surface area contributed by atoms with E-state index in [2.05, 4.69) is 17.3 Å². The second-order valence-electron chi connectivity index (χ2n) is 7.52. The number of carbonyl (C=O) groups excluding carboxylic acids is 2. The summed E-state index contributed by atoms with van der Waals surface area (Å²) in [4.78, 5) is 29.4. The highest BCUT2D eigenvalue weighted by molar-refractivity contribution is 5.97. The molecule has 0 radical (unpaired) electrons. The van der Waals surface area contributed by atoms with Crippen LogP contribution in [0.5, 0.6) is 5.75 Å². The van der Waals surface area contributed by atoms with E-state index in [1.807, 2.05) is 48.2 Å². The van der Waals surface area contributed by atoms with Crippen LogP contribution in [0.1, 0.15) is 33.2 Å². The van der Waals surface area contributed by atoms with Gasteiger partial charge in [-0.15, -0.1) is 0 Å². The van der Waals surface area contributed by atoms with Gasteiger partial charge in [-0.3, -0.25) is 9.59 Å². The molecule has 2 amide bonds. The second-order valence-corrected chi connectivity index (χ2v) is 7.52. The molecular weight excluding hydrogens is 394 g/mol. The smallest absolute Gasteiger partial charge is 0.255 e. The summed E-state index contributed by atoms with van der Waals surface area (Å²) in [5.41, 5.74) is 2.09. The van der Waals surface area contributed by atoms with Crippen LogP contribution in [0.25, 0.3) is 0 Å². The Morgan fingerprint density at radius 3 is 2.39 bits per heavy atom. The Bertz CT molecular complexity index is 861. The molecule has 1 saturated heterocycles. The monoisotopic (exact) mass is 425 g/mol. The molecule has 0 aliphatic carbocycles. The third kappa shape index (κ3) is 6.54. The lowest BCUT2D eigenvalue weighted by molar-refractivity contribution is 0.0664. The molecule has 1 heterocycles. The number of hydrogen-bond donors (Lipinski definition) is 1. The van der Waals surface area contributed by atoms with Crippen LogP contribution in [-0.2, 0) is 11.3 Å². The molecule has 7 nitrogen and oxygen atoms in total. The van der Waals surface area contributed by atoms with Gasteiger partial charge in [-0.1, -0.05) is 24.3 Å². The Morgan fingerprint density at radius 2 is 1.68 bits per heavy atom. The van der Waals surface area contributed by atoms with Crippen LogP contribution in [0, 0.1) is 0 Å². The molecule has 2 aromatic carbocycles. The second kappa shape index (κ2) is 11.5. The third-order valence-electron chi connectivity index (χ3n) is 5.27. The first-order valence-corrected chi connectivity index (χ1v) is 10.7. The van der Waals surface area contributed by atoms with Gasteiger partial charge in [0.05, 0.1) is 12.2 Å². The maximum atomic E-state index is 12.6. The molecule has 166 valence electrons. The predicted octanol–water partition coefficient (Wildman–Crippen LogP) is 2.42. The molecule has 0 bridgehead atoms. The van der Waals surface area contributed by atoms with Crippen LogP contribution >= 0.6 is 0 Å². The highest BCUT2D eigenvalue weighted by atomic mass is 16.5. The number of carbonyl (C=O) groups is 2. The molecule has 0 spiro atoms. The van der Waals surface area contributed by atoms with Crippen LogP contribution in [0.2, 0.25) is 0 Å². The fourth-order valence-electron chi connectivity index (χ4n) is 3.37. The molecule has 31 heavy (non-hydrogen) atoms. The third-order valence-corrected chi connectivity index (χ3v) is 5.27. The summed E-state index contributed by atoms with van der Waals surface area (Å²) >= 11 is 0. The van der Waals surface area contributed by atoms with Crippen molar-refractivity contribution in [2.24, 2.45) is 0 Å². The zero-order valence-electron chi connectivity index (χ0n) is 18.3. The van der Waals surface area contributed by atoms with Gasteiger partial charge in [0.25, 0.3) is 11.8 Å². The Morgan fingerprint density at radius 1 is 0.968 bits per heavy atom. The number of piperazine rings is 1. The number of nitrogens with zero attached hydrogens (tertiary/aromatic N) is 2. The average Bonchev–Trinajstić information content (AvgIpc) is 2.81. The summed E-state index contributed by atoms with van der Waals surface area (Å²) in [6.45, 7) is 7.08. The van der Waals surface area contributed by atoms with E-state index in [1.54, 1.807) is 12.1 Å². The molecule has 1 aliphatic rings. The largest absolute Gasteiger partial charge is 0.490 e. The molecular formula is C24H31N3O4. The first kappa shape index (κ1) is 22.8. The zero-order chi connectivity index (χ0) is 22.1. The van der Waals surface area contributed by atoms with Crippen molar-refractivity contribution in [3.63, 3.8) is 0 Å². The number of para-hydroxylation sites is 1. The van der Waals surface area contributed by atoms with Gasteiger partial charge in [-0.25, -0.2) is 0 Å². The number of nitrogens with one attached hydrogen (secondary N) is 1. The standard InChI is InChI=1S/C24H31N3O4/c1-3-30-16-17-31-22-7-5-4-6-21(22)23(28)25-18-19-8-10-20(11-9-19)24(29)27-14-12-26(2)13-15-27/h4-11H,3,12-18H2,1-2H3,(H,25,28). The van der Waals surface area contributed by atoms with Crippen LogP contribution in [0.3, 0.4) is 0 Å². The molecule has 0 atom stereocenters. The first-order chi connectivity index (χ1) is 15.1. The Balaban J connectivity index is 1.53. The lowest BCUT2D eigenvalue weighted by Crippen LogP contribution is -2.47. The van der Waals surface area contributed by atoms with Crippen LogP contribution in [0.4, 0.5) is 0 Å². The summed E-state index contributed by atoms with van der Waals surface area (Å²) in [7, 11) is 2.07. The van der Waals surface area contributed by atoms with Crippen LogP contribution < -0.4 is 10.1 Å². The Kier molecular flexibility index (Phi) is 8.44. The molecule has 2 aromatic rings. The van der Waals surface area contributed by atoms with Crippen LogP contribution in [-0.4, -0.2) is 74.7 Å². The molecule has 0 saturated carbocycles. The van der Waals surface area contributed by atoms with Crippen molar-refractivity contribution in [2.75, 3.05) is 53.0 Å². The van der Waals surface area contributed by atoms with Gasteiger partial charge in [0.15, 0.2) is 0 Å². The van der Waals surface area contributed by atoms with Crippen molar-refractivity contribution >= 4 is 11.8 Å². The first-order valence-electron chi connectivity index (χ1n) is 10.7. The van der Waals surface area contributed by atoms with Gasteiger partial charge in [0.2, 0.25) is 0 Å². The van der Waals surface area contributed by atoms with Crippen molar-refractivity contribution in [2.45, 2.75) is 13.5 Å². The molecule has 1 fully saturated rings. The summed E-state index contributed by atoms with van der Waals surface area (Å²) < 4.78 is 11.0. The van der Waals surface area contributed by atoms with E-state index in [0.717, 1.165) is 31.7 Å². The van der Waals surface area contributed by atoms with Crippen molar-refractivity contribution in [1.29, 1.82) is 0 Å². The van der Waals surface area contributed by atoms with Crippen molar-refractivity contribution in [3.8, 4) is 5.75 Å². The van der Waals surface area contributed by atoms with Crippen molar-refractivity contribution in [3.05, 3.63) is 65.2 Å². The number of ether oxygens (including phenoxy) is 2. The number of amides is 2. The zero-order valence-corrected chi connectivity index (χ0v) is 18.3. The molecule has 1 aliphatic heterocycles. The molecule has 1 N–H and O–H groups in total. The fraction of sp³-hybridized carbons (Fsp3) is 0.417. The summed E-state index contributed by atoms with van der Waals surface area (Å²) in [6, 6.07) is 14.6. The highest BCUT2D eigenvalue weighted by Crippen LogP contribution is 2.18. The van der Waals surface area contributed by atoms with Gasteiger partial charge in [0.1, 0.15) is 12.4 Å². The molecule has 0 unspecified atom stereocenters. The minimum atomic E-state index is -0.204. The molecule has 7 heteroatoms. The minimum absolute atomic E-state index is 0.0572. The van der Waals surface area contributed by atoms with Gasteiger partial charge in [-0.05, 0) is 43.8 Å². The van der Waals surface area contributed by atoms with Crippen molar-refractivity contribution in [1.82, 2.24) is 15.1 Å². The number of rotatable bonds is 9. The lowest BCUT2D eigenvalue weighted by atomic mass is 10.1. The fourth-order valence-corrected chi connectivity index (χ4v) is 3.37. The maximum Gasteiger partial charge on any atom is 0.255 e. The summed E-state index contributed by atoms with van der Waals surface area (Å²) in [5.74, 6) is 0.388. The number of hydrogen-bond acceptors (Lipinski definition) is 5. The van der Waals surface area contributed by atoms with E-state index < -0.39 is 0 Å². The number of benzene rings is 2. The normalized spacial score (nSPS) is 14.3. The SMILES string of the molecule is CCOCCOc1ccccc1C(=O)NCc1ccc(C(=O)N2CCN(C)CC2)cc1. The molecule has 0 aromatic heterocycles. The number of likely N-dealkylation sites (N-methyl/N-ethyl adjacent to an activating group) is 1. The molecule has 3 rings (SSSR count). The quantitative estimate of drug-likeness (QED) is 0.625. The van der Waals surface area contributed by atoms with E-state index in [0.29, 0.717) is 43.2 Å². The van der Waals surface area contributed by atoms with Gasteiger partial charge < -0.3 is 24.6 Å². The lowest BCUT2D eigenvalue weighted by Gasteiger charge is -2.32. The summed E-state index contributed by atoms with van der Waals surface area (Å²) in [5, 5.41) is 2.92. The topological polar surface area (TPSA) is 71.1 Å².